The van der Waals surface area contributed by atoms with Gasteiger partial charge in [-0.1, -0.05) is 23.5 Å². The van der Waals surface area contributed by atoms with Crippen molar-refractivity contribution in [1.29, 1.82) is 0 Å². The molecule has 158 valence electrons. The molecule has 7 nitrogen and oxygen atoms in total. The summed E-state index contributed by atoms with van der Waals surface area (Å²) in [4.78, 5) is 19.7. The van der Waals surface area contributed by atoms with Gasteiger partial charge in [0.05, 0.1) is 24.2 Å². The summed E-state index contributed by atoms with van der Waals surface area (Å²) in [5, 5.41) is 16.7. The fraction of sp³-hybridized carbons (Fsp3) is 0.348. The van der Waals surface area contributed by atoms with Crippen LogP contribution in [-0.2, 0) is 6.42 Å². The number of piperidine rings is 1. The van der Waals surface area contributed by atoms with E-state index in [2.05, 4.69) is 38.3 Å². The van der Waals surface area contributed by atoms with Gasteiger partial charge in [0.1, 0.15) is 10.0 Å². The largest absolute Gasteiger partial charge is 0.306 e. The zero-order valence-corrected chi connectivity index (χ0v) is 18.5. The highest BCUT2D eigenvalue weighted by Gasteiger charge is 2.20. The van der Waals surface area contributed by atoms with Crippen LogP contribution in [0.4, 0.5) is 0 Å². The molecule has 5 rings (SSSR count). The molecule has 0 radical (unpaired) electrons. The van der Waals surface area contributed by atoms with Crippen LogP contribution in [0.1, 0.15) is 39.9 Å². The number of benzene rings is 1. The first-order valence-corrected chi connectivity index (χ1v) is 11.3. The Morgan fingerprint density at radius 1 is 1.13 bits per heavy atom. The predicted molar refractivity (Wildman–Crippen MR) is 121 cm³/mol. The van der Waals surface area contributed by atoms with E-state index in [9.17, 15) is 4.79 Å². The van der Waals surface area contributed by atoms with Crippen LogP contribution >= 0.6 is 11.3 Å². The number of fused-ring (bicyclic) bond motifs is 1. The lowest BCUT2D eigenvalue weighted by Gasteiger charge is -2.28. The third-order valence-corrected chi connectivity index (χ3v) is 6.77. The topological polar surface area (TPSA) is 76.8 Å². The highest BCUT2D eigenvalue weighted by atomic mass is 32.1. The fourth-order valence-corrected chi connectivity index (χ4v) is 4.73. The quantitative estimate of drug-likeness (QED) is 0.445. The molecule has 31 heavy (non-hydrogen) atoms. The molecule has 0 atom stereocenters. The summed E-state index contributed by atoms with van der Waals surface area (Å²) < 4.78 is 1.96. The first kappa shape index (κ1) is 20.0. The number of hydrogen-bond acceptors (Lipinski definition) is 7. The van der Waals surface area contributed by atoms with Crippen molar-refractivity contribution in [3.05, 3.63) is 59.1 Å². The Hall–Kier alpha value is -2.97. The summed E-state index contributed by atoms with van der Waals surface area (Å²) in [6.07, 6.45) is 7.81. The van der Waals surface area contributed by atoms with Crippen LogP contribution in [0.5, 0.6) is 0 Å². The summed E-state index contributed by atoms with van der Waals surface area (Å²) in [5.74, 6) is 0.0435. The Morgan fingerprint density at radius 2 is 1.97 bits per heavy atom. The van der Waals surface area contributed by atoms with E-state index in [0.29, 0.717) is 11.6 Å². The lowest BCUT2D eigenvalue weighted by Crippen LogP contribution is -2.31. The van der Waals surface area contributed by atoms with Gasteiger partial charge < -0.3 is 4.90 Å². The molecule has 8 heteroatoms. The number of aromatic nitrogens is 5. The van der Waals surface area contributed by atoms with Crippen LogP contribution in [0, 0.1) is 6.92 Å². The number of carbonyl (C=O) groups excluding carboxylic acids is 1. The molecule has 0 aliphatic carbocycles. The van der Waals surface area contributed by atoms with Crippen LogP contribution in [0.25, 0.3) is 21.3 Å². The molecule has 1 saturated heterocycles. The molecule has 0 amide bonds. The Morgan fingerprint density at radius 3 is 2.74 bits per heavy atom. The zero-order valence-electron chi connectivity index (χ0n) is 17.7. The molecule has 0 bridgehead atoms. The summed E-state index contributed by atoms with van der Waals surface area (Å²) in [5.41, 5.74) is 2.44. The molecule has 1 fully saturated rings. The molecule has 0 saturated carbocycles. The lowest BCUT2D eigenvalue weighted by atomic mass is 10.0. The number of ketones is 1. The van der Waals surface area contributed by atoms with E-state index in [4.69, 9.17) is 0 Å². The zero-order chi connectivity index (χ0) is 21.4. The Bertz CT molecular complexity index is 1240. The fourth-order valence-electron chi connectivity index (χ4n) is 4.04. The third-order valence-electron chi connectivity index (χ3n) is 5.88. The molecule has 1 aromatic carbocycles. The van der Waals surface area contributed by atoms with Crippen LogP contribution in [-0.4, -0.2) is 55.8 Å². The molecule has 4 aromatic rings. The minimum absolute atomic E-state index is 0.0435. The van der Waals surface area contributed by atoms with Crippen molar-refractivity contribution in [3.8, 4) is 10.6 Å². The molecule has 0 spiro atoms. The first-order chi connectivity index (χ1) is 15.0. The standard InChI is InChI=1S/C23H24N6OS/c1-15-26-27-23(31-15)16-3-4-17-12-24-20(10-18(17)9-16)11-22(30)19-13-25-29(14-19)21-5-7-28(2)8-6-21/h3-4,9-10,12-14,21H,5-8,11H2,1-2H3. The van der Waals surface area contributed by atoms with Gasteiger partial charge in [-0.3, -0.25) is 14.5 Å². The Balaban J connectivity index is 1.33. The maximum atomic E-state index is 12.9. The van der Waals surface area contributed by atoms with E-state index in [1.807, 2.05) is 42.2 Å². The van der Waals surface area contributed by atoms with Crippen molar-refractivity contribution in [1.82, 2.24) is 29.9 Å². The van der Waals surface area contributed by atoms with Gasteiger partial charge in [-0.15, -0.1) is 10.2 Å². The minimum atomic E-state index is 0.0435. The van der Waals surface area contributed by atoms with Crippen molar-refractivity contribution in [3.63, 3.8) is 0 Å². The molecule has 0 N–H and O–H groups in total. The number of pyridine rings is 1. The highest BCUT2D eigenvalue weighted by molar-refractivity contribution is 7.14. The second-order valence-electron chi connectivity index (χ2n) is 8.21. The van der Waals surface area contributed by atoms with Crippen molar-refractivity contribution in [2.75, 3.05) is 20.1 Å². The van der Waals surface area contributed by atoms with Gasteiger partial charge in [0, 0.05) is 29.0 Å². The number of rotatable bonds is 5. The number of carbonyl (C=O) groups is 1. The summed E-state index contributed by atoms with van der Waals surface area (Å²) in [6.45, 7) is 4.07. The summed E-state index contributed by atoms with van der Waals surface area (Å²) >= 11 is 1.57. The SMILES string of the molecule is Cc1nnc(-c2ccc3cnc(CC(=O)c4cnn(C5CCN(C)CC5)c4)cc3c2)s1. The molecule has 4 heterocycles. The van der Waals surface area contributed by atoms with Gasteiger partial charge in [-0.25, -0.2) is 0 Å². The second kappa shape index (κ2) is 8.28. The van der Waals surface area contributed by atoms with Crippen molar-refractivity contribution >= 4 is 27.9 Å². The maximum Gasteiger partial charge on any atom is 0.171 e. The van der Waals surface area contributed by atoms with Gasteiger partial charge in [0.2, 0.25) is 0 Å². The monoisotopic (exact) mass is 432 g/mol. The van der Waals surface area contributed by atoms with Crippen LogP contribution in [0.15, 0.2) is 42.9 Å². The smallest absolute Gasteiger partial charge is 0.171 e. The van der Waals surface area contributed by atoms with Gasteiger partial charge >= 0.3 is 0 Å². The van der Waals surface area contributed by atoms with Gasteiger partial charge in [0.25, 0.3) is 0 Å². The number of hydrogen-bond donors (Lipinski definition) is 0. The molecule has 0 unspecified atom stereocenters. The van der Waals surface area contributed by atoms with E-state index < -0.39 is 0 Å². The highest BCUT2D eigenvalue weighted by Crippen LogP contribution is 2.27. The minimum Gasteiger partial charge on any atom is -0.306 e. The molecule has 1 aliphatic rings. The summed E-state index contributed by atoms with van der Waals surface area (Å²) in [7, 11) is 2.14. The van der Waals surface area contributed by atoms with Crippen molar-refractivity contribution in [2.24, 2.45) is 0 Å². The average molecular weight is 433 g/mol. The second-order valence-corrected chi connectivity index (χ2v) is 9.39. The molecular weight excluding hydrogens is 408 g/mol. The normalized spacial score (nSPS) is 15.5. The Labute approximate surface area is 184 Å². The van der Waals surface area contributed by atoms with E-state index in [1.54, 1.807) is 17.5 Å². The van der Waals surface area contributed by atoms with Crippen molar-refractivity contribution in [2.45, 2.75) is 32.2 Å². The number of Topliss-reactive ketones (excluding diaryl/α,β-unsaturated/α-hetero) is 1. The predicted octanol–water partition coefficient (Wildman–Crippen LogP) is 3.95. The number of aryl methyl sites for hydroxylation is 1. The average Bonchev–Trinajstić information content (AvgIpc) is 3.43. The Kier molecular flexibility index (Phi) is 5.33. The van der Waals surface area contributed by atoms with Gasteiger partial charge in [-0.2, -0.15) is 5.10 Å². The van der Waals surface area contributed by atoms with Crippen LogP contribution < -0.4 is 0 Å². The third kappa shape index (κ3) is 4.26. The van der Waals surface area contributed by atoms with Gasteiger partial charge in [0.15, 0.2) is 5.78 Å². The molecular formula is C23H24N6OS. The number of nitrogens with zero attached hydrogens (tertiary/aromatic N) is 6. The van der Waals surface area contributed by atoms with Gasteiger partial charge in [-0.05, 0) is 57.4 Å². The van der Waals surface area contributed by atoms with E-state index in [-0.39, 0.29) is 12.2 Å². The van der Waals surface area contributed by atoms with Crippen LogP contribution in [0.3, 0.4) is 0 Å². The van der Waals surface area contributed by atoms with E-state index in [0.717, 1.165) is 58.0 Å². The number of likely N-dealkylation sites (tertiary alicyclic amines) is 1. The van der Waals surface area contributed by atoms with E-state index in [1.165, 1.54) is 0 Å². The summed E-state index contributed by atoms with van der Waals surface area (Å²) in [6, 6.07) is 8.52. The molecule has 1 aliphatic heterocycles. The first-order valence-electron chi connectivity index (χ1n) is 10.5. The van der Waals surface area contributed by atoms with E-state index >= 15 is 0 Å². The molecule has 3 aromatic heterocycles. The lowest BCUT2D eigenvalue weighted by molar-refractivity contribution is 0.0991. The maximum absolute atomic E-state index is 12.9. The van der Waals surface area contributed by atoms with Crippen LogP contribution in [0.2, 0.25) is 0 Å². The van der Waals surface area contributed by atoms with Crippen molar-refractivity contribution < 1.29 is 4.79 Å².